The summed E-state index contributed by atoms with van der Waals surface area (Å²) in [4.78, 5) is 24.5. The largest absolute Gasteiger partial charge is 0.357 e. The van der Waals surface area contributed by atoms with Gasteiger partial charge < -0.3 is 15.1 Å². The number of aliphatic imine (C=N–C) groups is 1. The van der Waals surface area contributed by atoms with Crippen LogP contribution in [-0.2, 0) is 4.79 Å². The van der Waals surface area contributed by atoms with Gasteiger partial charge in [-0.1, -0.05) is 19.8 Å². The Morgan fingerprint density at radius 3 is 2.18 bits per heavy atom. The van der Waals surface area contributed by atoms with Gasteiger partial charge in [0.15, 0.2) is 5.96 Å². The molecular weight excluding hydrogens is 465 g/mol. The first-order valence-corrected chi connectivity index (χ1v) is 11.1. The molecule has 2 saturated heterocycles. The van der Waals surface area contributed by atoms with E-state index in [9.17, 15) is 4.79 Å². The summed E-state index contributed by atoms with van der Waals surface area (Å²) in [5, 5.41) is 3.49. The van der Waals surface area contributed by atoms with E-state index in [1.807, 2.05) is 4.90 Å². The lowest BCUT2D eigenvalue weighted by Gasteiger charge is -2.39. The van der Waals surface area contributed by atoms with E-state index in [1.165, 1.54) is 25.7 Å². The molecule has 0 aromatic heterocycles. The van der Waals surface area contributed by atoms with Gasteiger partial charge in [0.05, 0.1) is 6.04 Å². The smallest absolute Gasteiger partial charge is 0.239 e. The summed E-state index contributed by atoms with van der Waals surface area (Å²) in [6, 6.07) is 0.00201. The molecule has 0 aromatic rings. The van der Waals surface area contributed by atoms with Crippen molar-refractivity contribution in [2.45, 2.75) is 65.3 Å². The topological polar surface area (TPSA) is 51.2 Å². The van der Waals surface area contributed by atoms with Gasteiger partial charge in [-0.3, -0.25) is 14.7 Å². The van der Waals surface area contributed by atoms with Crippen LogP contribution in [0.5, 0.6) is 0 Å². The van der Waals surface area contributed by atoms with E-state index in [0.717, 1.165) is 71.2 Å². The second-order valence-corrected chi connectivity index (χ2v) is 8.92. The molecular formula is C21H40IN5O. The van der Waals surface area contributed by atoms with Gasteiger partial charge in [-0.05, 0) is 44.9 Å². The van der Waals surface area contributed by atoms with E-state index >= 15 is 0 Å². The average molecular weight is 505 g/mol. The Morgan fingerprint density at radius 2 is 1.61 bits per heavy atom. The molecule has 0 radical (unpaired) electrons. The number of nitrogens with zero attached hydrogens (tertiary/aromatic N) is 4. The molecule has 6 nitrogen and oxygen atoms in total. The average Bonchev–Trinajstić information content (AvgIpc) is 3.36. The molecule has 7 heteroatoms. The van der Waals surface area contributed by atoms with Crippen molar-refractivity contribution in [2.24, 2.45) is 10.4 Å². The Kier molecular flexibility index (Phi) is 9.31. The van der Waals surface area contributed by atoms with E-state index in [4.69, 9.17) is 4.99 Å². The van der Waals surface area contributed by atoms with Crippen LogP contribution >= 0.6 is 24.0 Å². The van der Waals surface area contributed by atoms with Crippen LogP contribution in [0, 0.1) is 5.41 Å². The molecule has 1 N–H and O–H groups in total. The maximum absolute atomic E-state index is 12.7. The predicted octanol–water partition coefficient (Wildman–Crippen LogP) is 2.78. The number of likely N-dealkylation sites (tertiary alicyclic amines) is 1. The number of amides is 1. The predicted molar refractivity (Wildman–Crippen MR) is 126 cm³/mol. The van der Waals surface area contributed by atoms with E-state index in [-0.39, 0.29) is 30.0 Å². The zero-order chi connectivity index (χ0) is 19.3. The SMILES string of the molecule is CCNC(=NCC1(C)CCCC1)N1CCN(C(C)C(=O)N2CCCC2)CC1.I. The quantitative estimate of drug-likeness (QED) is 0.355. The van der Waals surface area contributed by atoms with Gasteiger partial charge in [0.2, 0.25) is 5.91 Å². The summed E-state index contributed by atoms with van der Waals surface area (Å²) >= 11 is 0. The van der Waals surface area contributed by atoms with E-state index < -0.39 is 0 Å². The van der Waals surface area contributed by atoms with Gasteiger partial charge in [-0.25, -0.2) is 0 Å². The molecule has 3 fully saturated rings. The van der Waals surface area contributed by atoms with E-state index in [0.29, 0.717) is 11.3 Å². The number of guanidine groups is 1. The first-order chi connectivity index (χ1) is 13.0. The summed E-state index contributed by atoms with van der Waals surface area (Å²) in [6.45, 7) is 14.1. The lowest BCUT2D eigenvalue weighted by atomic mass is 9.89. The van der Waals surface area contributed by atoms with Crippen molar-refractivity contribution in [1.29, 1.82) is 0 Å². The highest BCUT2D eigenvalue weighted by Gasteiger charge is 2.31. The number of hydrogen-bond donors (Lipinski definition) is 1. The van der Waals surface area contributed by atoms with Crippen molar-refractivity contribution >= 4 is 35.8 Å². The molecule has 2 heterocycles. The van der Waals surface area contributed by atoms with Gasteiger partial charge in [-0.15, -0.1) is 24.0 Å². The van der Waals surface area contributed by atoms with Gasteiger partial charge in [0.25, 0.3) is 0 Å². The lowest BCUT2D eigenvalue weighted by molar-refractivity contribution is -0.135. The molecule has 1 amide bonds. The minimum atomic E-state index is 0. The maximum Gasteiger partial charge on any atom is 0.239 e. The van der Waals surface area contributed by atoms with Crippen LogP contribution in [0.15, 0.2) is 4.99 Å². The van der Waals surface area contributed by atoms with Crippen molar-refractivity contribution in [3.63, 3.8) is 0 Å². The van der Waals surface area contributed by atoms with Gasteiger partial charge in [0, 0.05) is 52.4 Å². The second kappa shape index (κ2) is 11.0. The maximum atomic E-state index is 12.7. The third kappa shape index (κ3) is 5.97. The molecule has 1 unspecified atom stereocenters. The van der Waals surface area contributed by atoms with Gasteiger partial charge in [0.1, 0.15) is 0 Å². The highest BCUT2D eigenvalue weighted by molar-refractivity contribution is 14.0. The van der Waals surface area contributed by atoms with Crippen LogP contribution in [-0.4, -0.2) is 85.0 Å². The molecule has 0 bridgehead atoms. The molecule has 1 saturated carbocycles. The van der Waals surface area contributed by atoms with Crippen LogP contribution in [0.3, 0.4) is 0 Å². The molecule has 162 valence electrons. The second-order valence-electron chi connectivity index (χ2n) is 8.92. The summed E-state index contributed by atoms with van der Waals surface area (Å²) in [5.41, 5.74) is 0.388. The van der Waals surface area contributed by atoms with Crippen molar-refractivity contribution in [3.8, 4) is 0 Å². The highest BCUT2D eigenvalue weighted by Crippen LogP contribution is 2.37. The first-order valence-electron chi connectivity index (χ1n) is 11.1. The van der Waals surface area contributed by atoms with Crippen LogP contribution in [0.25, 0.3) is 0 Å². The summed E-state index contributed by atoms with van der Waals surface area (Å²) in [5.74, 6) is 1.37. The third-order valence-electron chi connectivity index (χ3n) is 6.69. The summed E-state index contributed by atoms with van der Waals surface area (Å²) < 4.78 is 0. The monoisotopic (exact) mass is 505 g/mol. The normalized spacial score (nSPS) is 24.2. The minimum Gasteiger partial charge on any atom is -0.357 e. The number of halogens is 1. The molecule has 1 atom stereocenters. The zero-order valence-electron chi connectivity index (χ0n) is 18.1. The Bertz CT molecular complexity index is 521. The first kappa shape index (κ1) is 23.7. The lowest BCUT2D eigenvalue weighted by Crippen LogP contribution is -2.57. The van der Waals surface area contributed by atoms with Gasteiger partial charge in [-0.2, -0.15) is 0 Å². The fraction of sp³-hybridized carbons (Fsp3) is 0.905. The molecule has 28 heavy (non-hydrogen) atoms. The Hall–Kier alpha value is -0.570. The number of carbonyl (C=O) groups excluding carboxylic acids is 1. The number of piperazine rings is 1. The van der Waals surface area contributed by atoms with Crippen LogP contribution in [0.4, 0.5) is 0 Å². The Labute approximate surface area is 188 Å². The summed E-state index contributed by atoms with van der Waals surface area (Å²) in [6.07, 6.45) is 7.63. The van der Waals surface area contributed by atoms with Crippen molar-refractivity contribution in [2.75, 3.05) is 52.4 Å². The molecule has 2 aliphatic heterocycles. The molecule has 3 rings (SSSR count). The van der Waals surface area contributed by atoms with Crippen LogP contribution < -0.4 is 5.32 Å². The number of nitrogens with one attached hydrogen (secondary N) is 1. The third-order valence-corrected chi connectivity index (χ3v) is 6.69. The summed E-state index contributed by atoms with van der Waals surface area (Å²) in [7, 11) is 0. The van der Waals surface area contributed by atoms with E-state index in [1.54, 1.807) is 0 Å². The fourth-order valence-electron chi connectivity index (χ4n) is 4.76. The zero-order valence-corrected chi connectivity index (χ0v) is 20.4. The standard InChI is InChI=1S/C21H39N5O.HI/c1-4-22-20(23-17-21(3)9-5-6-10-21)26-15-13-24(14-16-26)18(2)19(27)25-11-7-8-12-25;/h18H,4-17H2,1-3H3,(H,22,23);1H. The van der Waals surface area contributed by atoms with Crippen molar-refractivity contribution in [1.82, 2.24) is 20.0 Å². The number of rotatable bonds is 5. The molecule has 3 aliphatic rings. The molecule has 0 aromatic carbocycles. The van der Waals surface area contributed by atoms with E-state index in [2.05, 4.69) is 35.9 Å². The van der Waals surface area contributed by atoms with Crippen LogP contribution in [0.1, 0.15) is 59.3 Å². The number of carbonyl (C=O) groups is 1. The van der Waals surface area contributed by atoms with Crippen molar-refractivity contribution in [3.05, 3.63) is 0 Å². The fourth-order valence-corrected chi connectivity index (χ4v) is 4.76. The molecule has 0 spiro atoms. The highest BCUT2D eigenvalue weighted by atomic mass is 127. The minimum absolute atomic E-state index is 0. The number of hydrogen-bond acceptors (Lipinski definition) is 3. The van der Waals surface area contributed by atoms with Crippen molar-refractivity contribution < 1.29 is 4.79 Å². The Balaban J connectivity index is 0.00000280. The Morgan fingerprint density at radius 1 is 1.00 bits per heavy atom. The molecule has 1 aliphatic carbocycles. The van der Waals surface area contributed by atoms with Crippen LogP contribution in [0.2, 0.25) is 0 Å². The van der Waals surface area contributed by atoms with Gasteiger partial charge >= 0.3 is 0 Å².